The quantitative estimate of drug-likeness (QED) is 0.415. The third kappa shape index (κ3) is 4.41. The first kappa shape index (κ1) is 17.1. The Morgan fingerprint density at radius 1 is 1.35 bits per heavy atom. The van der Waals surface area contributed by atoms with E-state index in [-0.39, 0.29) is 11.6 Å². The fraction of sp³-hybridized carbons (Fsp3) is 0.0588. The van der Waals surface area contributed by atoms with E-state index in [9.17, 15) is 19.3 Å². The van der Waals surface area contributed by atoms with Crippen molar-refractivity contribution in [3.63, 3.8) is 0 Å². The van der Waals surface area contributed by atoms with Gasteiger partial charge in [0.05, 0.1) is 12.6 Å². The number of nitro groups is 1. The highest BCUT2D eigenvalue weighted by Gasteiger charge is 2.10. The third-order valence-corrected chi connectivity index (χ3v) is 3.32. The van der Waals surface area contributed by atoms with Gasteiger partial charge in [0, 0.05) is 18.3 Å². The van der Waals surface area contributed by atoms with Crippen LogP contribution in [0.1, 0.15) is 11.3 Å². The maximum absolute atomic E-state index is 13.2. The number of carbonyl (C=O) groups excluding carboxylic acids is 1. The van der Waals surface area contributed by atoms with E-state index in [2.05, 4.69) is 10.4 Å². The van der Waals surface area contributed by atoms with Crippen LogP contribution in [-0.2, 0) is 11.3 Å². The lowest BCUT2D eigenvalue weighted by Crippen LogP contribution is -2.09. The van der Waals surface area contributed by atoms with Crippen LogP contribution in [0.4, 0.5) is 16.1 Å². The van der Waals surface area contributed by atoms with E-state index in [0.717, 1.165) is 5.56 Å². The Hall–Kier alpha value is -3.75. The van der Waals surface area contributed by atoms with E-state index < -0.39 is 16.7 Å². The Morgan fingerprint density at radius 2 is 2.19 bits per heavy atom. The fourth-order valence-electron chi connectivity index (χ4n) is 2.19. The van der Waals surface area contributed by atoms with Gasteiger partial charge < -0.3 is 9.73 Å². The summed E-state index contributed by atoms with van der Waals surface area (Å²) in [6, 6.07) is 10.3. The summed E-state index contributed by atoms with van der Waals surface area (Å²) in [6.45, 7) is 0.361. The number of aromatic nitrogens is 2. The first-order valence-corrected chi connectivity index (χ1v) is 7.51. The standard InChI is InChI=1S/C17H13FN4O4/c18-13-3-1-2-12(10-13)11-21-9-8-15(20-21)19-16(23)6-4-14-5-7-17(26-14)22(24)25/h1-10H,11H2,(H,19,20,23)/b6-4+. The van der Waals surface area contributed by atoms with Crippen LogP contribution in [0, 0.1) is 15.9 Å². The lowest BCUT2D eigenvalue weighted by molar-refractivity contribution is -0.402. The summed E-state index contributed by atoms with van der Waals surface area (Å²) in [6.07, 6.45) is 4.14. The van der Waals surface area contributed by atoms with Crippen molar-refractivity contribution in [1.82, 2.24) is 9.78 Å². The zero-order valence-electron chi connectivity index (χ0n) is 13.3. The zero-order valence-corrected chi connectivity index (χ0v) is 13.3. The minimum Gasteiger partial charge on any atom is -0.401 e. The molecule has 3 rings (SSSR count). The highest BCUT2D eigenvalue weighted by Crippen LogP contribution is 2.16. The summed E-state index contributed by atoms with van der Waals surface area (Å²) in [5.74, 6) is -0.697. The van der Waals surface area contributed by atoms with E-state index in [1.165, 1.54) is 36.4 Å². The van der Waals surface area contributed by atoms with Crippen molar-refractivity contribution in [3.8, 4) is 0 Å². The smallest absolute Gasteiger partial charge is 0.401 e. The lowest BCUT2D eigenvalue weighted by Gasteiger charge is -2.02. The average molecular weight is 356 g/mol. The molecule has 9 heteroatoms. The second kappa shape index (κ2) is 7.43. The Morgan fingerprint density at radius 3 is 2.92 bits per heavy atom. The molecule has 1 N–H and O–H groups in total. The Bertz CT molecular complexity index is 977. The predicted octanol–water partition coefficient (Wildman–Crippen LogP) is 3.22. The summed E-state index contributed by atoms with van der Waals surface area (Å²) in [4.78, 5) is 21.7. The number of rotatable bonds is 6. The molecule has 3 aromatic rings. The molecule has 0 aliphatic carbocycles. The van der Waals surface area contributed by atoms with Crippen LogP contribution in [0.15, 0.2) is 59.2 Å². The average Bonchev–Trinajstić information content (AvgIpc) is 3.23. The fourth-order valence-corrected chi connectivity index (χ4v) is 2.19. The van der Waals surface area contributed by atoms with Crippen molar-refractivity contribution in [3.05, 3.63) is 82.0 Å². The molecule has 1 amide bonds. The van der Waals surface area contributed by atoms with E-state index in [4.69, 9.17) is 4.42 Å². The normalized spacial score (nSPS) is 11.0. The number of furan rings is 1. The van der Waals surface area contributed by atoms with Crippen LogP contribution in [0.2, 0.25) is 0 Å². The van der Waals surface area contributed by atoms with Crippen LogP contribution >= 0.6 is 0 Å². The molecule has 0 unspecified atom stereocenters. The van der Waals surface area contributed by atoms with E-state index in [0.29, 0.717) is 12.4 Å². The molecule has 0 aliphatic heterocycles. The molecule has 2 heterocycles. The largest absolute Gasteiger partial charge is 0.433 e. The van der Waals surface area contributed by atoms with Crippen LogP contribution in [0.5, 0.6) is 0 Å². The molecular formula is C17H13FN4O4. The zero-order chi connectivity index (χ0) is 18.5. The van der Waals surface area contributed by atoms with Gasteiger partial charge in [-0.05, 0) is 29.8 Å². The topological polar surface area (TPSA) is 103 Å². The number of nitrogens with one attached hydrogen (secondary N) is 1. The predicted molar refractivity (Wildman–Crippen MR) is 90.8 cm³/mol. The van der Waals surface area contributed by atoms with Crippen LogP contribution < -0.4 is 5.32 Å². The summed E-state index contributed by atoms with van der Waals surface area (Å²) in [5, 5.41) is 17.2. The lowest BCUT2D eigenvalue weighted by atomic mass is 10.2. The van der Waals surface area contributed by atoms with Gasteiger partial charge in [-0.25, -0.2) is 4.39 Å². The number of amides is 1. The first-order valence-electron chi connectivity index (χ1n) is 7.51. The molecule has 0 atom stereocenters. The molecule has 8 nitrogen and oxygen atoms in total. The van der Waals surface area contributed by atoms with Crippen molar-refractivity contribution >= 4 is 23.7 Å². The van der Waals surface area contributed by atoms with E-state index >= 15 is 0 Å². The molecule has 132 valence electrons. The second-order valence-electron chi connectivity index (χ2n) is 5.28. The van der Waals surface area contributed by atoms with Gasteiger partial charge in [-0.3, -0.25) is 19.6 Å². The maximum Gasteiger partial charge on any atom is 0.433 e. The van der Waals surface area contributed by atoms with Gasteiger partial charge in [-0.15, -0.1) is 0 Å². The number of carbonyl (C=O) groups is 1. The van der Waals surface area contributed by atoms with Gasteiger partial charge in [-0.1, -0.05) is 12.1 Å². The molecule has 0 radical (unpaired) electrons. The van der Waals surface area contributed by atoms with Crippen molar-refractivity contribution in [2.24, 2.45) is 0 Å². The highest BCUT2D eigenvalue weighted by atomic mass is 19.1. The molecule has 0 fully saturated rings. The second-order valence-corrected chi connectivity index (χ2v) is 5.28. The highest BCUT2D eigenvalue weighted by molar-refractivity contribution is 6.01. The van der Waals surface area contributed by atoms with Gasteiger partial charge in [0.2, 0.25) is 5.91 Å². The SMILES string of the molecule is O=C(/C=C/c1ccc([N+](=O)[O-])o1)Nc1ccn(Cc2cccc(F)c2)n1. The van der Waals surface area contributed by atoms with Crippen molar-refractivity contribution in [1.29, 1.82) is 0 Å². The molecule has 2 aromatic heterocycles. The Balaban J connectivity index is 1.58. The molecule has 26 heavy (non-hydrogen) atoms. The number of hydrogen-bond donors (Lipinski definition) is 1. The number of benzene rings is 1. The molecule has 1 aromatic carbocycles. The van der Waals surface area contributed by atoms with Gasteiger partial charge in [0.15, 0.2) is 5.82 Å². The van der Waals surface area contributed by atoms with E-state index in [1.54, 1.807) is 29.1 Å². The summed E-state index contributed by atoms with van der Waals surface area (Å²) in [7, 11) is 0. The number of nitrogens with zero attached hydrogens (tertiary/aromatic N) is 3. The maximum atomic E-state index is 13.2. The Labute approximate surface area is 146 Å². The van der Waals surface area contributed by atoms with Gasteiger partial charge in [0.1, 0.15) is 16.5 Å². The van der Waals surface area contributed by atoms with Crippen LogP contribution in [-0.4, -0.2) is 20.6 Å². The van der Waals surface area contributed by atoms with Crippen LogP contribution in [0.3, 0.4) is 0 Å². The van der Waals surface area contributed by atoms with E-state index in [1.807, 2.05) is 0 Å². The molecule has 0 saturated carbocycles. The summed E-state index contributed by atoms with van der Waals surface area (Å²) >= 11 is 0. The van der Waals surface area contributed by atoms with Crippen LogP contribution in [0.25, 0.3) is 6.08 Å². The molecule has 0 aliphatic rings. The molecule has 0 saturated heterocycles. The van der Waals surface area contributed by atoms with Gasteiger partial charge in [-0.2, -0.15) is 5.10 Å². The Kier molecular flexibility index (Phi) is 4.88. The summed E-state index contributed by atoms with van der Waals surface area (Å²) < 4.78 is 19.6. The van der Waals surface area contributed by atoms with Crippen molar-refractivity contribution < 1.29 is 18.5 Å². The van der Waals surface area contributed by atoms with Crippen molar-refractivity contribution in [2.75, 3.05) is 5.32 Å². The molecule has 0 spiro atoms. The monoisotopic (exact) mass is 356 g/mol. The number of anilines is 1. The molecular weight excluding hydrogens is 343 g/mol. The molecule has 0 bridgehead atoms. The number of hydrogen-bond acceptors (Lipinski definition) is 5. The van der Waals surface area contributed by atoms with Gasteiger partial charge >= 0.3 is 5.88 Å². The minimum atomic E-state index is -0.664. The number of halogens is 1. The first-order chi connectivity index (χ1) is 12.5. The summed E-state index contributed by atoms with van der Waals surface area (Å²) in [5.41, 5.74) is 0.741. The van der Waals surface area contributed by atoms with Crippen molar-refractivity contribution in [2.45, 2.75) is 6.54 Å². The minimum absolute atomic E-state index is 0.184. The van der Waals surface area contributed by atoms with Gasteiger partial charge in [0.25, 0.3) is 0 Å². The third-order valence-electron chi connectivity index (χ3n) is 3.32.